The van der Waals surface area contributed by atoms with Crippen LogP contribution in [0.15, 0.2) is 28.8 Å². The van der Waals surface area contributed by atoms with Gasteiger partial charge in [0.1, 0.15) is 5.82 Å². The van der Waals surface area contributed by atoms with Gasteiger partial charge in [0.2, 0.25) is 5.89 Å². The summed E-state index contributed by atoms with van der Waals surface area (Å²) in [5, 5.41) is 4.01. The third-order valence-corrected chi connectivity index (χ3v) is 3.50. The van der Waals surface area contributed by atoms with Crippen LogP contribution in [0.5, 0.6) is 0 Å². The van der Waals surface area contributed by atoms with E-state index in [4.69, 9.17) is 4.52 Å². The van der Waals surface area contributed by atoms with Gasteiger partial charge in [-0.1, -0.05) is 31.1 Å². The molecule has 0 bridgehead atoms. The van der Waals surface area contributed by atoms with Crippen molar-refractivity contribution in [2.75, 3.05) is 7.05 Å². The molecule has 0 saturated heterocycles. The quantitative estimate of drug-likeness (QED) is 0.815. The minimum atomic E-state index is -0.218. The molecule has 4 nitrogen and oxygen atoms in total. The van der Waals surface area contributed by atoms with Crippen molar-refractivity contribution in [3.8, 4) is 0 Å². The predicted octanol–water partition coefficient (Wildman–Crippen LogP) is 3.60. The average molecular weight is 291 g/mol. The number of aromatic nitrogens is 2. The van der Waals surface area contributed by atoms with Crippen LogP contribution in [-0.2, 0) is 13.0 Å². The first-order chi connectivity index (χ1) is 9.95. The molecule has 1 heterocycles. The van der Waals surface area contributed by atoms with Crippen LogP contribution in [0.1, 0.15) is 44.1 Å². The van der Waals surface area contributed by atoms with Crippen molar-refractivity contribution in [2.45, 2.75) is 39.8 Å². The minimum Gasteiger partial charge on any atom is -0.339 e. The lowest BCUT2D eigenvalue weighted by Crippen LogP contribution is -2.22. The van der Waals surface area contributed by atoms with Gasteiger partial charge in [-0.15, -0.1) is 0 Å². The molecule has 1 aromatic heterocycles. The normalized spacial score (nSPS) is 13.1. The summed E-state index contributed by atoms with van der Waals surface area (Å²) in [5.74, 6) is 1.64. The highest BCUT2D eigenvalue weighted by atomic mass is 19.1. The van der Waals surface area contributed by atoms with Crippen molar-refractivity contribution in [3.05, 3.63) is 47.4 Å². The first-order valence-corrected chi connectivity index (χ1v) is 7.23. The summed E-state index contributed by atoms with van der Waals surface area (Å²) in [6.07, 6.45) is 0.796. The number of benzene rings is 1. The zero-order valence-corrected chi connectivity index (χ0v) is 13.0. The lowest BCUT2D eigenvalue weighted by Gasteiger charge is -2.23. The molecule has 5 heteroatoms. The fraction of sp³-hybridized carbons (Fsp3) is 0.500. The van der Waals surface area contributed by atoms with Crippen LogP contribution >= 0.6 is 0 Å². The SMILES string of the molecule is CC(C)Cc1nc(CN(C)[C@H](C)c2ccc(F)cc2)no1. The highest BCUT2D eigenvalue weighted by Gasteiger charge is 2.15. The van der Waals surface area contributed by atoms with Crippen molar-refractivity contribution in [1.82, 2.24) is 15.0 Å². The van der Waals surface area contributed by atoms with Crippen molar-refractivity contribution < 1.29 is 8.91 Å². The van der Waals surface area contributed by atoms with Crippen LogP contribution in [0.4, 0.5) is 4.39 Å². The second kappa shape index (κ2) is 6.80. The second-order valence-corrected chi connectivity index (χ2v) is 5.84. The Balaban J connectivity index is 1.98. The van der Waals surface area contributed by atoms with E-state index < -0.39 is 0 Å². The van der Waals surface area contributed by atoms with Crippen molar-refractivity contribution in [1.29, 1.82) is 0 Å². The Morgan fingerprint density at radius 3 is 2.48 bits per heavy atom. The van der Waals surface area contributed by atoms with Gasteiger partial charge in [0, 0.05) is 12.5 Å². The average Bonchev–Trinajstić information content (AvgIpc) is 2.85. The molecule has 1 atom stereocenters. The fourth-order valence-corrected chi connectivity index (χ4v) is 2.14. The van der Waals surface area contributed by atoms with Gasteiger partial charge in [0.25, 0.3) is 0 Å². The third kappa shape index (κ3) is 4.36. The Hall–Kier alpha value is -1.75. The molecular weight excluding hydrogens is 269 g/mol. The molecule has 0 N–H and O–H groups in total. The van der Waals surface area contributed by atoms with E-state index in [1.54, 1.807) is 12.1 Å². The van der Waals surface area contributed by atoms with Gasteiger partial charge in [-0.3, -0.25) is 4.90 Å². The maximum atomic E-state index is 13.0. The largest absolute Gasteiger partial charge is 0.339 e. The van der Waals surface area contributed by atoms with Crippen LogP contribution in [0.3, 0.4) is 0 Å². The molecule has 0 aliphatic heterocycles. The zero-order chi connectivity index (χ0) is 15.4. The van der Waals surface area contributed by atoms with Crippen molar-refractivity contribution >= 4 is 0 Å². The zero-order valence-electron chi connectivity index (χ0n) is 13.0. The van der Waals surface area contributed by atoms with Gasteiger partial charge >= 0.3 is 0 Å². The van der Waals surface area contributed by atoms with Gasteiger partial charge in [0.15, 0.2) is 5.82 Å². The summed E-state index contributed by atoms with van der Waals surface area (Å²) in [6, 6.07) is 6.72. The molecule has 114 valence electrons. The van der Waals surface area contributed by atoms with E-state index in [9.17, 15) is 4.39 Å². The lowest BCUT2D eigenvalue weighted by molar-refractivity contribution is 0.242. The van der Waals surface area contributed by atoms with Gasteiger partial charge in [-0.05, 0) is 37.6 Å². The molecule has 0 radical (unpaired) electrons. The maximum Gasteiger partial charge on any atom is 0.226 e. The number of rotatable bonds is 6. The van der Waals surface area contributed by atoms with Crippen LogP contribution in [0.25, 0.3) is 0 Å². The molecule has 0 saturated carbocycles. The van der Waals surface area contributed by atoms with E-state index in [1.165, 1.54) is 12.1 Å². The van der Waals surface area contributed by atoms with E-state index in [2.05, 4.69) is 35.8 Å². The first kappa shape index (κ1) is 15.6. The van der Waals surface area contributed by atoms with E-state index in [0.29, 0.717) is 24.2 Å². The van der Waals surface area contributed by atoms with E-state index in [0.717, 1.165) is 12.0 Å². The number of nitrogens with zero attached hydrogens (tertiary/aromatic N) is 3. The third-order valence-electron chi connectivity index (χ3n) is 3.50. The first-order valence-electron chi connectivity index (χ1n) is 7.23. The molecule has 21 heavy (non-hydrogen) atoms. The van der Waals surface area contributed by atoms with Crippen LogP contribution in [0.2, 0.25) is 0 Å². The number of hydrogen-bond donors (Lipinski definition) is 0. The molecule has 2 rings (SSSR count). The highest BCUT2D eigenvalue weighted by molar-refractivity contribution is 5.19. The molecule has 2 aromatic rings. The van der Waals surface area contributed by atoms with Gasteiger partial charge in [0.05, 0.1) is 6.54 Å². The summed E-state index contributed by atoms with van der Waals surface area (Å²) in [6.45, 7) is 6.90. The van der Waals surface area contributed by atoms with E-state index >= 15 is 0 Å². The summed E-state index contributed by atoms with van der Waals surface area (Å²) in [7, 11) is 1.99. The van der Waals surface area contributed by atoms with Crippen LogP contribution < -0.4 is 0 Å². The Bertz CT molecular complexity index is 565. The fourth-order valence-electron chi connectivity index (χ4n) is 2.14. The molecule has 0 aliphatic carbocycles. The maximum absolute atomic E-state index is 13.0. The molecule has 0 aliphatic rings. The van der Waals surface area contributed by atoms with Gasteiger partial charge < -0.3 is 4.52 Å². The molecule has 1 aromatic carbocycles. The Kier molecular flexibility index (Phi) is 5.07. The van der Waals surface area contributed by atoms with Crippen LogP contribution in [0, 0.1) is 11.7 Å². The topological polar surface area (TPSA) is 42.2 Å². The summed E-state index contributed by atoms with van der Waals surface area (Å²) in [5.41, 5.74) is 1.06. The number of hydrogen-bond acceptors (Lipinski definition) is 4. The summed E-state index contributed by atoms with van der Waals surface area (Å²) < 4.78 is 18.2. The summed E-state index contributed by atoms with van der Waals surface area (Å²) in [4.78, 5) is 6.51. The monoisotopic (exact) mass is 291 g/mol. The van der Waals surface area contributed by atoms with Gasteiger partial charge in [-0.25, -0.2) is 4.39 Å². The van der Waals surface area contributed by atoms with E-state index in [-0.39, 0.29) is 11.9 Å². The lowest BCUT2D eigenvalue weighted by atomic mass is 10.1. The summed E-state index contributed by atoms with van der Waals surface area (Å²) >= 11 is 0. The number of halogens is 1. The van der Waals surface area contributed by atoms with E-state index in [1.807, 2.05) is 7.05 Å². The minimum absolute atomic E-state index is 0.151. The molecule has 0 amide bonds. The Labute approximate surface area is 125 Å². The van der Waals surface area contributed by atoms with Crippen molar-refractivity contribution in [2.24, 2.45) is 5.92 Å². The smallest absolute Gasteiger partial charge is 0.226 e. The van der Waals surface area contributed by atoms with Crippen LogP contribution in [-0.4, -0.2) is 22.1 Å². The predicted molar refractivity (Wildman–Crippen MR) is 79.1 cm³/mol. The Morgan fingerprint density at radius 1 is 1.19 bits per heavy atom. The molecule has 0 spiro atoms. The Morgan fingerprint density at radius 2 is 1.86 bits per heavy atom. The second-order valence-electron chi connectivity index (χ2n) is 5.84. The molecular formula is C16H22FN3O. The highest BCUT2D eigenvalue weighted by Crippen LogP contribution is 2.20. The molecule has 0 unspecified atom stereocenters. The van der Waals surface area contributed by atoms with Crippen molar-refractivity contribution in [3.63, 3.8) is 0 Å². The molecule has 0 fully saturated rings. The standard InChI is InChI=1S/C16H22FN3O/c1-11(2)9-16-18-15(19-21-16)10-20(4)12(3)13-5-7-14(17)8-6-13/h5-8,11-12H,9-10H2,1-4H3/t12-/m1/s1. The van der Waals surface area contributed by atoms with Gasteiger partial charge in [-0.2, -0.15) is 4.98 Å².